The molecule has 0 aromatic heterocycles. The van der Waals surface area contributed by atoms with Crippen LogP contribution in [0.1, 0.15) is 73.1 Å². The molecule has 0 rings (SSSR count). The molecule has 130 valence electrons. The van der Waals surface area contributed by atoms with Crippen LogP contribution >= 0.6 is 0 Å². The van der Waals surface area contributed by atoms with Crippen molar-refractivity contribution in [3.63, 3.8) is 0 Å². The van der Waals surface area contributed by atoms with E-state index in [-0.39, 0.29) is 0 Å². The van der Waals surface area contributed by atoms with Crippen LogP contribution in [0.2, 0.25) is 0 Å². The summed E-state index contributed by atoms with van der Waals surface area (Å²) < 4.78 is 6.23. The molecule has 4 atom stereocenters. The summed E-state index contributed by atoms with van der Waals surface area (Å²) in [6.07, 6.45) is 11.6. The maximum Gasteiger partial charge on any atom is 0.0635 e. The van der Waals surface area contributed by atoms with Gasteiger partial charge in [-0.3, -0.25) is 4.99 Å². The molecule has 0 aliphatic rings. The normalized spacial score (nSPS) is 17.3. The average Bonchev–Trinajstić information content (AvgIpc) is 2.55. The van der Waals surface area contributed by atoms with Crippen molar-refractivity contribution < 1.29 is 4.74 Å². The van der Waals surface area contributed by atoms with E-state index in [4.69, 9.17) is 4.74 Å². The summed E-state index contributed by atoms with van der Waals surface area (Å²) in [6.45, 7) is 16.8. The number of nitrogens with zero attached hydrogens (tertiary/aromatic N) is 1. The molecule has 0 aromatic rings. The minimum Gasteiger partial charge on any atom is -0.377 e. The molecule has 0 saturated heterocycles. The number of aliphatic imine (C=N–C) groups is 1. The van der Waals surface area contributed by atoms with E-state index in [2.05, 4.69) is 45.3 Å². The fourth-order valence-corrected chi connectivity index (χ4v) is 2.72. The van der Waals surface area contributed by atoms with Crippen molar-refractivity contribution in [2.75, 3.05) is 13.2 Å². The molecule has 0 N–H and O–H groups in total. The second-order valence-corrected chi connectivity index (χ2v) is 6.52. The molecule has 2 heteroatoms. The van der Waals surface area contributed by atoms with Crippen molar-refractivity contribution in [1.82, 2.24) is 0 Å². The zero-order valence-electron chi connectivity index (χ0n) is 15.7. The van der Waals surface area contributed by atoms with Gasteiger partial charge < -0.3 is 4.74 Å². The van der Waals surface area contributed by atoms with E-state index in [0.717, 1.165) is 31.9 Å². The first-order chi connectivity index (χ1) is 10.6. The minimum atomic E-state index is 0.314. The van der Waals surface area contributed by atoms with Crippen LogP contribution in [-0.4, -0.2) is 25.5 Å². The van der Waals surface area contributed by atoms with Gasteiger partial charge in [0.2, 0.25) is 0 Å². The Kier molecular flexibility index (Phi) is 13.6. The van der Waals surface area contributed by atoms with Gasteiger partial charge >= 0.3 is 0 Å². The van der Waals surface area contributed by atoms with Crippen molar-refractivity contribution in [3.8, 4) is 0 Å². The summed E-state index contributed by atoms with van der Waals surface area (Å²) >= 11 is 0. The lowest BCUT2D eigenvalue weighted by Crippen LogP contribution is -2.26. The van der Waals surface area contributed by atoms with Crippen LogP contribution in [-0.2, 0) is 4.74 Å². The van der Waals surface area contributed by atoms with Crippen molar-refractivity contribution in [2.24, 2.45) is 22.7 Å². The van der Waals surface area contributed by atoms with E-state index < -0.39 is 0 Å². The molecule has 0 aromatic carbocycles. The minimum absolute atomic E-state index is 0.314. The molecular formula is C20H39NO. The summed E-state index contributed by atoms with van der Waals surface area (Å²) in [7, 11) is 0. The first-order valence-corrected chi connectivity index (χ1v) is 9.31. The molecule has 22 heavy (non-hydrogen) atoms. The fourth-order valence-electron chi connectivity index (χ4n) is 2.72. The quantitative estimate of drug-likeness (QED) is 0.288. The third-order valence-electron chi connectivity index (χ3n) is 4.78. The summed E-state index contributed by atoms with van der Waals surface area (Å²) in [5.41, 5.74) is 0. The monoisotopic (exact) mass is 309 g/mol. The Morgan fingerprint density at radius 2 is 1.82 bits per heavy atom. The van der Waals surface area contributed by atoms with Crippen molar-refractivity contribution >= 4 is 6.21 Å². The molecular weight excluding hydrogens is 270 g/mol. The van der Waals surface area contributed by atoms with Gasteiger partial charge in [-0.2, -0.15) is 0 Å². The van der Waals surface area contributed by atoms with Crippen LogP contribution in [0.4, 0.5) is 0 Å². The maximum absolute atomic E-state index is 6.23. The van der Waals surface area contributed by atoms with Crippen LogP contribution < -0.4 is 0 Å². The Morgan fingerprint density at radius 1 is 1.09 bits per heavy atom. The van der Waals surface area contributed by atoms with Gasteiger partial charge in [0.1, 0.15) is 0 Å². The van der Waals surface area contributed by atoms with Gasteiger partial charge in [0, 0.05) is 18.4 Å². The Labute approximate surface area is 139 Å². The smallest absolute Gasteiger partial charge is 0.0635 e. The topological polar surface area (TPSA) is 21.6 Å². The number of hydrogen-bond donors (Lipinski definition) is 0. The number of ether oxygens (including phenoxy) is 1. The lowest BCUT2D eigenvalue weighted by atomic mass is 9.91. The van der Waals surface area contributed by atoms with Gasteiger partial charge in [-0.05, 0) is 38.3 Å². The Morgan fingerprint density at radius 3 is 2.32 bits per heavy atom. The van der Waals surface area contributed by atoms with Crippen molar-refractivity contribution in [2.45, 2.75) is 79.2 Å². The van der Waals surface area contributed by atoms with Crippen LogP contribution in [0.25, 0.3) is 0 Å². The van der Waals surface area contributed by atoms with Crippen molar-refractivity contribution in [1.29, 1.82) is 0 Å². The molecule has 0 bridgehead atoms. The first-order valence-electron chi connectivity index (χ1n) is 9.31. The fraction of sp³-hybridized carbons (Fsp3) is 0.850. The number of hydrogen-bond acceptors (Lipinski definition) is 2. The van der Waals surface area contributed by atoms with Crippen LogP contribution in [0.15, 0.2) is 17.6 Å². The molecule has 2 nitrogen and oxygen atoms in total. The van der Waals surface area contributed by atoms with Gasteiger partial charge in [-0.25, -0.2) is 0 Å². The van der Waals surface area contributed by atoms with Crippen LogP contribution in [0.5, 0.6) is 0 Å². The third kappa shape index (κ3) is 9.40. The number of rotatable bonds is 14. The first kappa shape index (κ1) is 21.4. The van der Waals surface area contributed by atoms with E-state index in [0.29, 0.717) is 17.9 Å². The molecule has 0 amide bonds. The maximum atomic E-state index is 6.23. The average molecular weight is 310 g/mol. The molecule has 0 spiro atoms. The lowest BCUT2D eigenvalue weighted by molar-refractivity contribution is 0.000987. The third-order valence-corrected chi connectivity index (χ3v) is 4.78. The van der Waals surface area contributed by atoms with Gasteiger partial charge in [0.05, 0.1) is 12.7 Å². The molecule has 0 heterocycles. The standard InChI is InChI=1S/C20H39NO/c1-7-17(6)13-12-14-19(9-3)20(10-4)22-16-18(8-2)15-21-11-5/h9,11,17-20H,3,7-8,10,12-16H2,1-2,4-6H3. The van der Waals surface area contributed by atoms with Gasteiger partial charge in [-0.15, -0.1) is 6.58 Å². The second-order valence-electron chi connectivity index (χ2n) is 6.52. The molecule has 0 radical (unpaired) electrons. The molecule has 0 aliphatic heterocycles. The predicted molar refractivity (Wildman–Crippen MR) is 99.8 cm³/mol. The van der Waals surface area contributed by atoms with Gasteiger partial charge in [0.15, 0.2) is 0 Å². The molecule has 0 saturated carbocycles. The summed E-state index contributed by atoms with van der Waals surface area (Å²) in [4.78, 5) is 4.36. The zero-order valence-corrected chi connectivity index (χ0v) is 15.7. The van der Waals surface area contributed by atoms with E-state index in [1.54, 1.807) is 0 Å². The van der Waals surface area contributed by atoms with Crippen LogP contribution in [0, 0.1) is 17.8 Å². The second kappa shape index (κ2) is 14.0. The highest BCUT2D eigenvalue weighted by atomic mass is 16.5. The molecule has 0 fully saturated rings. The Balaban J connectivity index is 4.28. The summed E-state index contributed by atoms with van der Waals surface area (Å²) in [5, 5.41) is 0. The zero-order chi connectivity index (χ0) is 16.8. The molecule has 4 unspecified atom stereocenters. The lowest BCUT2D eigenvalue weighted by Gasteiger charge is -2.26. The highest BCUT2D eigenvalue weighted by Crippen LogP contribution is 2.23. The van der Waals surface area contributed by atoms with Gasteiger partial charge in [-0.1, -0.05) is 53.0 Å². The van der Waals surface area contributed by atoms with E-state index in [9.17, 15) is 0 Å². The molecule has 0 aliphatic carbocycles. The summed E-state index contributed by atoms with van der Waals surface area (Å²) in [5.74, 6) is 1.86. The largest absolute Gasteiger partial charge is 0.377 e. The Hall–Kier alpha value is -0.630. The van der Waals surface area contributed by atoms with Gasteiger partial charge in [0.25, 0.3) is 0 Å². The highest BCUT2D eigenvalue weighted by Gasteiger charge is 2.19. The van der Waals surface area contributed by atoms with E-state index in [1.807, 2.05) is 13.1 Å². The van der Waals surface area contributed by atoms with Crippen molar-refractivity contribution in [3.05, 3.63) is 12.7 Å². The Bertz CT molecular complexity index is 287. The predicted octanol–water partition coefficient (Wildman–Crippen LogP) is 5.92. The highest BCUT2D eigenvalue weighted by molar-refractivity contribution is 5.53. The van der Waals surface area contributed by atoms with Crippen LogP contribution in [0.3, 0.4) is 0 Å². The van der Waals surface area contributed by atoms with E-state index in [1.165, 1.54) is 25.7 Å². The summed E-state index contributed by atoms with van der Waals surface area (Å²) in [6, 6.07) is 0. The SMILES string of the molecule is C=CC(CCCC(C)CC)C(CC)OCC(CC)CN=CC. The van der Waals surface area contributed by atoms with E-state index >= 15 is 0 Å².